The van der Waals surface area contributed by atoms with Gasteiger partial charge in [0.05, 0.1) is 28.8 Å². The zero-order chi connectivity index (χ0) is 23.6. The van der Waals surface area contributed by atoms with Crippen LogP contribution in [0.3, 0.4) is 0 Å². The molecule has 170 valence electrons. The molecule has 1 aromatic carbocycles. The second kappa shape index (κ2) is 8.85. The van der Waals surface area contributed by atoms with Gasteiger partial charge in [-0.1, -0.05) is 12.1 Å². The van der Waals surface area contributed by atoms with Gasteiger partial charge in [-0.2, -0.15) is 13.2 Å². The van der Waals surface area contributed by atoms with Gasteiger partial charge in [0.25, 0.3) is 0 Å². The van der Waals surface area contributed by atoms with E-state index in [9.17, 15) is 27.6 Å². The summed E-state index contributed by atoms with van der Waals surface area (Å²) in [6.07, 6.45) is -4.79. The monoisotopic (exact) mass is 451 g/mol. The number of esters is 2. The molecule has 1 N–H and O–H groups in total. The SMILES string of the molecule is CCOC(=O)c1c(C)[nH]c(C)c1C(=O)COC(=O)Cn1c(C(F)(F)F)nc2ccccc21. The van der Waals surface area contributed by atoms with Crippen molar-refractivity contribution in [3.63, 3.8) is 0 Å². The van der Waals surface area contributed by atoms with Crippen molar-refractivity contribution in [3.8, 4) is 0 Å². The lowest BCUT2D eigenvalue weighted by Gasteiger charge is -2.11. The zero-order valence-electron chi connectivity index (χ0n) is 17.5. The summed E-state index contributed by atoms with van der Waals surface area (Å²) >= 11 is 0. The van der Waals surface area contributed by atoms with E-state index in [2.05, 4.69) is 9.97 Å². The highest BCUT2D eigenvalue weighted by molar-refractivity contribution is 6.09. The molecule has 0 atom stereocenters. The van der Waals surface area contributed by atoms with Crippen LogP contribution in [0.5, 0.6) is 0 Å². The minimum Gasteiger partial charge on any atom is -0.462 e. The van der Waals surface area contributed by atoms with Crippen molar-refractivity contribution in [3.05, 3.63) is 52.6 Å². The number of ether oxygens (including phenoxy) is 2. The number of carbonyl (C=O) groups is 3. The third kappa shape index (κ3) is 4.51. The first-order chi connectivity index (χ1) is 15.0. The third-order valence-electron chi connectivity index (χ3n) is 4.69. The molecular weight excluding hydrogens is 431 g/mol. The molecule has 0 radical (unpaired) electrons. The van der Waals surface area contributed by atoms with Crippen molar-refractivity contribution in [2.75, 3.05) is 13.2 Å². The van der Waals surface area contributed by atoms with Gasteiger partial charge >= 0.3 is 18.1 Å². The average molecular weight is 451 g/mol. The lowest BCUT2D eigenvalue weighted by Crippen LogP contribution is -2.23. The van der Waals surface area contributed by atoms with Crippen LogP contribution in [0.25, 0.3) is 11.0 Å². The minimum atomic E-state index is -4.79. The summed E-state index contributed by atoms with van der Waals surface area (Å²) in [4.78, 5) is 43.5. The van der Waals surface area contributed by atoms with Gasteiger partial charge in [0.2, 0.25) is 11.6 Å². The van der Waals surface area contributed by atoms with Crippen LogP contribution in [0, 0.1) is 13.8 Å². The number of H-pyrrole nitrogens is 1. The zero-order valence-corrected chi connectivity index (χ0v) is 17.5. The molecule has 0 spiro atoms. The fraction of sp³-hybridized carbons (Fsp3) is 0.333. The Morgan fingerprint density at radius 1 is 1.06 bits per heavy atom. The number of para-hydroxylation sites is 2. The van der Waals surface area contributed by atoms with Gasteiger partial charge in [-0.3, -0.25) is 9.59 Å². The van der Waals surface area contributed by atoms with E-state index in [4.69, 9.17) is 9.47 Å². The molecule has 0 unspecified atom stereocenters. The van der Waals surface area contributed by atoms with Gasteiger partial charge in [0.1, 0.15) is 6.54 Å². The molecule has 11 heteroatoms. The second-order valence-corrected chi connectivity index (χ2v) is 6.94. The molecule has 2 heterocycles. The summed E-state index contributed by atoms with van der Waals surface area (Å²) in [5, 5.41) is 0. The molecule has 0 aliphatic heterocycles. The van der Waals surface area contributed by atoms with Crippen LogP contribution in [0.15, 0.2) is 24.3 Å². The standard InChI is InChI=1S/C21H20F3N3O5/c1-4-31-19(30)18-12(3)25-11(2)17(18)15(28)10-32-16(29)9-27-14-8-6-5-7-13(14)26-20(27)21(22,23)24/h5-8,25H,4,9-10H2,1-3H3. The number of imidazole rings is 1. The lowest BCUT2D eigenvalue weighted by molar-refractivity contribution is -0.150. The fourth-order valence-electron chi connectivity index (χ4n) is 3.43. The summed E-state index contributed by atoms with van der Waals surface area (Å²) in [5.74, 6) is -3.70. The van der Waals surface area contributed by atoms with Crippen LogP contribution >= 0.6 is 0 Å². The number of aromatic amines is 1. The summed E-state index contributed by atoms with van der Waals surface area (Å²) in [5.41, 5.74) is 1.01. The number of carbonyl (C=O) groups excluding carboxylic acids is 3. The highest BCUT2D eigenvalue weighted by Crippen LogP contribution is 2.31. The number of Topliss-reactive ketones (excluding diaryl/α,β-unsaturated/α-hetero) is 1. The Labute approximate surface area is 180 Å². The van der Waals surface area contributed by atoms with E-state index in [0.717, 1.165) is 0 Å². The van der Waals surface area contributed by atoms with Crippen molar-refractivity contribution < 1.29 is 37.0 Å². The molecule has 0 amide bonds. The van der Waals surface area contributed by atoms with Crippen LogP contribution in [-0.2, 0) is 27.0 Å². The number of aryl methyl sites for hydroxylation is 2. The van der Waals surface area contributed by atoms with Crippen LogP contribution < -0.4 is 0 Å². The summed E-state index contributed by atoms with van der Waals surface area (Å²) < 4.78 is 50.7. The van der Waals surface area contributed by atoms with Gasteiger partial charge in [0, 0.05) is 11.4 Å². The summed E-state index contributed by atoms with van der Waals surface area (Å²) in [6.45, 7) is 3.33. The molecular formula is C21H20F3N3O5. The van der Waals surface area contributed by atoms with Gasteiger partial charge in [-0.25, -0.2) is 9.78 Å². The number of fused-ring (bicyclic) bond motifs is 1. The molecule has 0 saturated carbocycles. The molecule has 0 bridgehead atoms. The van der Waals surface area contributed by atoms with Crippen LogP contribution in [0.4, 0.5) is 13.2 Å². The number of hydrogen-bond donors (Lipinski definition) is 1. The van der Waals surface area contributed by atoms with Crippen LogP contribution in [0.1, 0.15) is 44.9 Å². The first-order valence-electron chi connectivity index (χ1n) is 9.62. The molecule has 2 aromatic heterocycles. The third-order valence-corrected chi connectivity index (χ3v) is 4.69. The lowest BCUT2D eigenvalue weighted by atomic mass is 10.1. The normalized spacial score (nSPS) is 11.6. The molecule has 3 aromatic rings. The minimum absolute atomic E-state index is 0.0119. The molecule has 0 fully saturated rings. The van der Waals surface area contributed by atoms with E-state index in [0.29, 0.717) is 16.0 Å². The highest BCUT2D eigenvalue weighted by atomic mass is 19.4. The quantitative estimate of drug-likeness (QED) is 0.435. The van der Waals surface area contributed by atoms with E-state index < -0.39 is 42.9 Å². The smallest absolute Gasteiger partial charge is 0.449 e. The van der Waals surface area contributed by atoms with Crippen molar-refractivity contribution >= 4 is 28.8 Å². The number of alkyl halides is 3. The Hall–Kier alpha value is -3.63. The maximum atomic E-state index is 13.4. The molecule has 0 aliphatic carbocycles. The van der Waals surface area contributed by atoms with Crippen LogP contribution in [0.2, 0.25) is 0 Å². The van der Waals surface area contributed by atoms with Gasteiger partial charge in [0.15, 0.2) is 6.61 Å². The topological polar surface area (TPSA) is 103 Å². The van der Waals surface area contributed by atoms with E-state index >= 15 is 0 Å². The second-order valence-electron chi connectivity index (χ2n) is 6.94. The number of aromatic nitrogens is 3. The number of hydrogen-bond acceptors (Lipinski definition) is 6. The average Bonchev–Trinajstić information content (AvgIpc) is 3.23. The Balaban J connectivity index is 1.79. The Kier molecular flexibility index (Phi) is 6.37. The Morgan fingerprint density at radius 3 is 2.38 bits per heavy atom. The number of nitrogens with one attached hydrogen (secondary N) is 1. The summed E-state index contributed by atoms with van der Waals surface area (Å²) in [6, 6.07) is 5.83. The number of rotatable bonds is 7. The molecule has 8 nitrogen and oxygen atoms in total. The Morgan fingerprint density at radius 2 is 1.72 bits per heavy atom. The Bertz CT molecular complexity index is 1190. The summed E-state index contributed by atoms with van der Waals surface area (Å²) in [7, 11) is 0. The maximum Gasteiger partial charge on any atom is 0.449 e. The van der Waals surface area contributed by atoms with Gasteiger partial charge < -0.3 is 19.0 Å². The van der Waals surface area contributed by atoms with E-state index in [1.165, 1.54) is 24.3 Å². The first-order valence-corrected chi connectivity index (χ1v) is 9.62. The first kappa shape index (κ1) is 23.0. The van der Waals surface area contributed by atoms with Gasteiger partial charge in [-0.15, -0.1) is 0 Å². The van der Waals surface area contributed by atoms with Crippen molar-refractivity contribution in [2.45, 2.75) is 33.5 Å². The maximum absolute atomic E-state index is 13.4. The van der Waals surface area contributed by atoms with Gasteiger partial charge in [-0.05, 0) is 32.9 Å². The van der Waals surface area contributed by atoms with E-state index in [1.807, 2.05) is 0 Å². The van der Waals surface area contributed by atoms with Crippen molar-refractivity contribution in [2.24, 2.45) is 0 Å². The number of halogens is 3. The molecule has 0 aliphatic rings. The highest BCUT2D eigenvalue weighted by Gasteiger charge is 2.38. The van der Waals surface area contributed by atoms with Crippen molar-refractivity contribution in [1.29, 1.82) is 0 Å². The molecule has 3 rings (SSSR count). The fourth-order valence-corrected chi connectivity index (χ4v) is 3.43. The van der Waals surface area contributed by atoms with Crippen molar-refractivity contribution in [1.82, 2.24) is 14.5 Å². The number of nitrogens with zero attached hydrogens (tertiary/aromatic N) is 2. The van der Waals surface area contributed by atoms with E-state index in [-0.39, 0.29) is 28.8 Å². The molecule has 0 saturated heterocycles. The predicted molar refractivity (Wildman–Crippen MR) is 106 cm³/mol. The molecule has 32 heavy (non-hydrogen) atoms. The largest absolute Gasteiger partial charge is 0.462 e. The van der Waals surface area contributed by atoms with Crippen LogP contribution in [-0.4, -0.2) is 45.5 Å². The predicted octanol–water partition coefficient (Wildman–Crippen LogP) is 3.60. The number of ketones is 1. The number of benzene rings is 1. The van der Waals surface area contributed by atoms with E-state index in [1.54, 1.807) is 20.8 Å².